The van der Waals surface area contributed by atoms with Crippen molar-refractivity contribution in [1.29, 1.82) is 0 Å². The largest absolute Gasteiger partial charge is 0.438 e. The molecule has 0 saturated heterocycles. The minimum Gasteiger partial charge on any atom is -0.396 e. The third kappa shape index (κ3) is 8.61. The van der Waals surface area contributed by atoms with Crippen molar-refractivity contribution >= 4 is 20.2 Å². The number of rotatable bonds is 9. The lowest BCUT2D eigenvalue weighted by Crippen LogP contribution is -2.71. The Hall–Kier alpha value is -1.80. The summed E-state index contributed by atoms with van der Waals surface area (Å²) in [5, 5.41) is 1.39. The maximum Gasteiger partial charge on any atom is 0.438 e. The summed E-state index contributed by atoms with van der Waals surface area (Å²) in [5.41, 5.74) is -15.8. The zero-order valence-electron chi connectivity index (χ0n) is 20.4. The molecule has 0 aliphatic heterocycles. The van der Waals surface area contributed by atoms with Crippen LogP contribution in [0, 0.1) is 0 Å². The fraction of sp³-hybridized carbons (Fsp3) is 1.00. The molecule has 0 amide bonds. The highest BCUT2D eigenvalue weighted by Crippen LogP contribution is 2.61. The zero-order chi connectivity index (χ0) is 38.8. The smallest absolute Gasteiger partial charge is 0.396 e. The average Bonchev–Trinajstić information content (AvgIpc) is 2.77. The summed E-state index contributed by atoms with van der Waals surface area (Å²) < 4.78 is 322. The van der Waals surface area contributed by atoms with Crippen LogP contribution in [0.1, 0.15) is 12.8 Å². The first-order valence-corrected chi connectivity index (χ1v) is 12.6. The second kappa shape index (κ2) is 14.0. The number of aliphatic hydroxyl groups is 2. The van der Waals surface area contributed by atoms with Crippen LogP contribution in [0.5, 0.6) is 0 Å². The molecule has 0 aliphatic carbocycles. The molecular weight excluding hydrogens is 778 g/mol. The Balaban J connectivity index is -0.000000682. The van der Waals surface area contributed by atoms with E-state index < -0.39 is 78.6 Å². The highest BCUT2D eigenvalue weighted by molar-refractivity contribution is 7.87. The summed E-state index contributed by atoms with van der Waals surface area (Å²) in [6.07, 6.45) is -29.2. The van der Waals surface area contributed by atoms with Gasteiger partial charge >= 0.3 is 78.6 Å². The highest BCUT2D eigenvalue weighted by Gasteiger charge is 2.93. The van der Waals surface area contributed by atoms with Crippen molar-refractivity contribution < 1.29 is 133 Å². The Labute approximate surface area is 238 Å². The number of halogens is 22. The molecule has 0 unspecified atom stereocenters. The predicted molar refractivity (Wildman–Crippen MR) is 98.2 cm³/mol. The molecule has 0 fully saturated rings. The molecule has 4 N–H and O–H groups in total. The number of aliphatic hydroxyl groups excluding tert-OH is 2. The summed E-state index contributed by atoms with van der Waals surface area (Å²) in [6, 6.07) is 0. The van der Waals surface area contributed by atoms with Crippen LogP contribution in [0.3, 0.4) is 0 Å². The van der Waals surface area contributed by atoms with Gasteiger partial charge in [-0.05, 0) is 12.8 Å². The summed E-state index contributed by atoms with van der Waals surface area (Å²) in [4.78, 5) is 0. The first kappa shape index (κ1) is 48.6. The van der Waals surface area contributed by atoms with E-state index in [1.165, 1.54) is 0 Å². The van der Waals surface area contributed by atoms with Crippen LogP contribution in [-0.4, -0.2) is 108 Å². The highest BCUT2D eigenvalue weighted by atomic mass is 32.2. The molecule has 0 aromatic rings. The van der Waals surface area contributed by atoms with E-state index in [2.05, 4.69) is 0 Å². The molecule has 0 saturated carbocycles. The van der Waals surface area contributed by atoms with Gasteiger partial charge in [-0.1, -0.05) is 0 Å². The second-order valence-corrected chi connectivity index (χ2v) is 10.5. The molecule has 8 nitrogen and oxygen atoms in total. The molecule has 0 bridgehead atoms. The van der Waals surface area contributed by atoms with Crippen molar-refractivity contribution in [2.24, 2.45) is 0 Å². The van der Waals surface area contributed by atoms with Gasteiger partial charge in [0, 0.05) is 13.2 Å². The Morgan fingerprint density at radius 1 is 0.370 bits per heavy atom. The van der Waals surface area contributed by atoms with Gasteiger partial charge < -0.3 is 10.2 Å². The van der Waals surface area contributed by atoms with Crippen molar-refractivity contribution in [3.05, 3.63) is 0 Å². The van der Waals surface area contributed by atoms with E-state index in [1.807, 2.05) is 0 Å². The fourth-order valence-electron chi connectivity index (χ4n) is 1.98. The number of alkyl halides is 22. The van der Waals surface area contributed by atoms with Crippen LogP contribution in [-0.2, 0) is 20.2 Å². The SMILES string of the molecule is O=S(=O)(O)C(F)(F)C(F)(F)C(F)(C(F)(F)F)C(F)(F)F.O=S(=O)(O)C(F)(F)C(F)(F)C(F)(C(F)(F)F)C(F)(F)F.OCCCCO. The molecule has 32 heteroatoms. The first-order valence-electron chi connectivity index (χ1n) is 9.73. The van der Waals surface area contributed by atoms with E-state index >= 15 is 0 Å². The number of hydrogen-bond donors (Lipinski definition) is 4. The lowest BCUT2D eigenvalue weighted by Gasteiger charge is -2.38. The third-order valence-electron chi connectivity index (χ3n) is 4.37. The van der Waals surface area contributed by atoms with Crippen molar-refractivity contribution in [3.8, 4) is 0 Å². The predicted octanol–water partition coefficient (Wildman–Crippen LogP) is 5.62. The van der Waals surface area contributed by atoms with E-state index in [1.54, 1.807) is 0 Å². The minimum absolute atomic E-state index is 0.195. The minimum atomic E-state index is -7.91. The molecule has 0 spiro atoms. The van der Waals surface area contributed by atoms with Gasteiger partial charge in [0.25, 0.3) is 0 Å². The first-order chi connectivity index (χ1) is 19.4. The Bertz CT molecular complexity index is 1080. The normalized spacial score (nSPS) is 15.4. The maximum atomic E-state index is 12.8. The van der Waals surface area contributed by atoms with E-state index in [0.717, 1.165) is 12.8 Å². The zero-order valence-corrected chi connectivity index (χ0v) is 22.0. The molecule has 0 aromatic heterocycles. The van der Waals surface area contributed by atoms with Crippen LogP contribution in [0.4, 0.5) is 96.6 Å². The number of unbranched alkanes of at least 4 members (excludes halogenated alkanes) is 1. The fourth-order valence-corrected chi connectivity index (χ4v) is 2.91. The molecule has 0 rings (SSSR count). The van der Waals surface area contributed by atoms with Crippen molar-refractivity contribution in [1.82, 2.24) is 0 Å². The monoisotopic (exact) mass is 790 g/mol. The lowest BCUT2D eigenvalue weighted by molar-refractivity contribution is -0.417. The Morgan fingerprint density at radius 2 is 0.522 bits per heavy atom. The van der Waals surface area contributed by atoms with Crippen LogP contribution < -0.4 is 0 Å². The van der Waals surface area contributed by atoms with Gasteiger partial charge in [0.2, 0.25) is 0 Å². The maximum absolute atomic E-state index is 12.8. The van der Waals surface area contributed by atoms with Crippen molar-refractivity contribution in [2.75, 3.05) is 13.2 Å². The molecule has 46 heavy (non-hydrogen) atoms. The number of hydrogen-bond acceptors (Lipinski definition) is 6. The average molecular weight is 790 g/mol. The lowest BCUT2D eigenvalue weighted by atomic mass is 9.96. The third-order valence-corrected chi connectivity index (χ3v) is 6.18. The van der Waals surface area contributed by atoms with Crippen LogP contribution in [0.25, 0.3) is 0 Å². The van der Waals surface area contributed by atoms with Gasteiger partial charge in [-0.25, -0.2) is 8.78 Å². The topological polar surface area (TPSA) is 149 Å². The summed E-state index contributed by atoms with van der Waals surface area (Å²) in [5.74, 6) is -15.8. The molecule has 282 valence electrons. The van der Waals surface area contributed by atoms with Crippen LogP contribution in [0.2, 0.25) is 0 Å². The van der Waals surface area contributed by atoms with Crippen molar-refractivity contribution in [3.63, 3.8) is 0 Å². The summed E-state index contributed by atoms with van der Waals surface area (Å²) in [7, 11) is -15.0. The van der Waals surface area contributed by atoms with Crippen molar-refractivity contribution in [2.45, 2.75) is 71.2 Å². The molecule has 0 aliphatic rings. The standard InChI is InChI=1S/2C5HF11O3S.C4H10O2/c2*6-1(3(9,10)11,4(12,13)14)2(7,8)5(15,16)20(17,18)19;5-3-1-2-4-6/h2*(H,17,18,19);5-6H,1-4H2. The van der Waals surface area contributed by atoms with E-state index in [-0.39, 0.29) is 13.2 Å². The van der Waals surface area contributed by atoms with Crippen LogP contribution >= 0.6 is 0 Å². The molecule has 0 radical (unpaired) electrons. The van der Waals surface area contributed by atoms with Gasteiger partial charge in [-0.2, -0.15) is 105 Å². The quantitative estimate of drug-likeness (QED) is 0.134. The van der Waals surface area contributed by atoms with E-state index in [0.29, 0.717) is 0 Å². The van der Waals surface area contributed by atoms with Gasteiger partial charge in [0.1, 0.15) is 0 Å². The summed E-state index contributed by atoms with van der Waals surface area (Å²) >= 11 is 0. The van der Waals surface area contributed by atoms with Gasteiger partial charge in [-0.3, -0.25) is 9.11 Å². The Kier molecular flexibility index (Phi) is 14.8. The molecule has 0 aromatic carbocycles. The molecular formula is C14H12F22O8S2. The molecule has 0 atom stereocenters. The Morgan fingerprint density at radius 3 is 0.609 bits per heavy atom. The summed E-state index contributed by atoms with van der Waals surface area (Å²) in [6.45, 7) is 0.390. The van der Waals surface area contributed by atoms with Gasteiger partial charge in [0.15, 0.2) is 0 Å². The van der Waals surface area contributed by atoms with Gasteiger partial charge in [-0.15, -0.1) is 0 Å². The van der Waals surface area contributed by atoms with E-state index in [9.17, 15) is 113 Å². The second-order valence-electron chi connectivity index (χ2n) is 7.59. The van der Waals surface area contributed by atoms with Gasteiger partial charge in [0.05, 0.1) is 0 Å². The van der Waals surface area contributed by atoms with Crippen LogP contribution in [0.15, 0.2) is 0 Å². The van der Waals surface area contributed by atoms with E-state index in [4.69, 9.17) is 19.3 Å². The molecule has 0 heterocycles.